The van der Waals surface area contributed by atoms with E-state index in [2.05, 4.69) is 55.4 Å². The van der Waals surface area contributed by atoms with E-state index in [0.29, 0.717) is 6.42 Å². The standard InChI is InChI=1S/C14H19BrN4S/c1-4-6-11-13(15)14(16-5-2)19-12(18-11)7-10-8-20-9(3)17-10/h8H,4-7H2,1-3H3,(H,16,18,19). The van der Waals surface area contributed by atoms with E-state index in [9.17, 15) is 0 Å². The predicted octanol–water partition coefficient (Wildman–Crippen LogP) is 3.98. The molecule has 0 saturated carbocycles. The molecule has 6 heteroatoms. The summed E-state index contributed by atoms with van der Waals surface area (Å²) in [6.45, 7) is 7.09. The molecule has 0 amide bonds. The van der Waals surface area contributed by atoms with Crippen molar-refractivity contribution in [2.45, 2.75) is 40.0 Å². The second-order valence-corrected chi connectivity index (χ2v) is 6.42. The summed E-state index contributed by atoms with van der Waals surface area (Å²) in [5, 5.41) is 6.45. The SMILES string of the molecule is CCCc1nc(Cc2csc(C)n2)nc(NCC)c1Br. The lowest BCUT2D eigenvalue weighted by atomic mass is 10.2. The normalized spacial score (nSPS) is 10.8. The van der Waals surface area contributed by atoms with E-state index in [1.54, 1.807) is 11.3 Å². The Labute approximate surface area is 132 Å². The van der Waals surface area contributed by atoms with Gasteiger partial charge in [0.25, 0.3) is 0 Å². The summed E-state index contributed by atoms with van der Waals surface area (Å²) in [4.78, 5) is 13.8. The monoisotopic (exact) mass is 354 g/mol. The Hall–Kier alpha value is -1.01. The fourth-order valence-electron chi connectivity index (χ4n) is 1.96. The minimum absolute atomic E-state index is 0.687. The van der Waals surface area contributed by atoms with Crippen molar-refractivity contribution in [1.29, 1.82) is 0 Å². The highest BCUT2D eigenvalue weighted by molar-refractivity contribution is 9.10. The van der Waals surface area contributed by atoms with Gasteiger partial charge in [-0.1, -0.05) is 13.3 Å². The molecule has 0 atom stereocenters. The van der Waals surface area contributed by atoms with Gasteiger partial charge in [-0.3, -0.25) is 0 Å². The first kappa shape index (κ1) is 15.4. The fraction of sp³-hybridized carbons (Fsp3) is 0.500. The first-order chi connectivity index (χ1) is 9.63. The molecule has 0 aliphatic heterocycles. The summed E-state index contributed by atoms with van der Waals surface area (Å²) in [5.41, 5.74) is 2.11. The molecule has 2 aromatic heterocycles. The van der Waals surface area contributed by atoms with Crippen molar-refractivity contribution >= 4 is 33.1 Å². The van der Waals surface area contributed by atoms with Crippen molar-refractivity contribution in [3.63, 3.8) is 0 Å². The number of rotatable bonds is 6. The number of aromatic nitrogens is 3. The minimum atomic E-state index is 0.687. The van der Waals surface area contributed by atoms with Crippen molar-refractivity contribution in [3.8, 4) is 0 Å². The Kier molecular flexibility index (Phi) is 5.48. The summed E-state index contributed by atoms with van der Waals surface area (Å²) in [6.07, 6.45) is 2.70. The van der Waals surface area contributed by atoms with Gasteiger partial charge < -0.3 is 5.32 Å². The first-order valence-electron chi connectivity index (χ1n) is 6.84. The zero-order chi connectivity index (χ0) is 14.5. The van der Waals surface area contributed by atoms with Crippen molar-refractivity contribution in [1.82, 2.24) is 15.0 Å². The average molecular weight is 355 g/mol. The molecule has 0 bridgehead atoms. The third kappa shape index (κ3) is 3.76. The molecule has 0 saturated heterocycles. The first-order valence-corrected chi connectivity index (χ1v) is 8.51. The third-order valence-corrected chi connectivity index (χ3v) is 4.46. The highest BCUT2D eigenvalue weighted by Gasteiger charge is 2.12. The topological polar surface area (TPSA) is 50.7 Å². The van der Waals surface area contributed by atoms with Crippen molar-refractivity contribution in [2.24, 2.45) is 0 Å². The fourth-order valence-corrected chi connectivity index (χ4v) is 3.09. The number of halogens is 1. The number of hydrogen-bond donors (Lipinski definition) is 1. The number of nitrogens with one attached hydrogen (secondary N) is 1. The summed E-state index contributed by atoms with van der Waals surface area (Å²) in [7, 11) is 0. The molecule has 0 unspecified atom stereocenters. The lowest BCUT2D eigenvalue weighted by Crippen LogP contribution is -2.08. The Morgan fingerprint density at radius 2 is 2.05 bits per heavy atom. The Morgan fingerprint density at radius 1 is 1.25 bits per heavy atom. The van der Waals surface area contributed by atoms with Crippen LogP contribution in [-0.2, 0) is 12.8 Å². The molecule has 0 fully saturated rings. The summed E-state index contributed by atoms with van der Waals surface area (Å²) >= 11 is 5.27. The molecule has 2 aromatic rings. The van der Waals surface area contributed by atoms with E-state index in [0.717, 1.165) is 51.9 Å². The zero-order valence-corrected chi connectivity index (χ0v) is 14.4. The van der Waals surface area contributed by atoms with E-state index in [4.69, 9.17) is 0 Å². The van der Waals surface area contributed by atoms with Crippen LogP contribution in [0.3, 0.4) is 0 Å². The largest absolute Gasteiger partial charge is 0.369 e. The molecule has 0 aliphatic rings. The summed E-state index contributed by atoms with van der Waals surface area (Å²) < 4.78 is 0.986. The lowest BCUT2D eigenvalue weighted by molar-refractivity contribution is 0.829. The molecule has 1 N–H and O–H groups in total. The van der Waals surface area contributed by atoms with Gasteiger partial charge in [0.1, 0.15) is 11.6 Å². The van der Waals surface area contributed by atoms with Crippen LogP contribution < -0.4 is 5.32 Å². The van der Waals surface area contributed by atoms with Crippen LogP contribution in [0.25, 0.3) is 0 Å². The molecular formula is C14H19BrN4S. The van der Waals surface area contributed by atoms with Crippen LogP contribution >= 0.6 is 27.3 Å². The van der Waals surface area contributed by atoms with E-state index < -0.39 is 0 Å². The molecule has 0 aromatic carbocycles. The van der Waals surface area contributed by atoms with E-state index >= 15 is 0 Å². The molecule has 4 nitrogen and oxygen atoms in total. The molecule has 0 aliphatic carbocycles. The van der Waals surface area contributed by atoms with Crippen LogP contribution in [0.15, 0.2) is 9.85 Å². The molecule has 2 rings (SSSR count). The number of anilines is 1. The van der Waals surface area contributed by atoms with Crippen molar-refractivity contribution < 1.29 is 0 Å². The zero-order valence-electron chi connectivity index (χ0n) is 12.0. The highest BCUT2D eigenvalue weighted by Crippen LogP contribution is 2.25. The molecular weight excluding hydrogens is 336 g/mol. The van der Waals surface area contributed by atoms with Crippen LogP contribution in [0.4, 0.5) is 5.82 Å². The van der Waals surface area contributed by atoms with Gasteiger partial charge in [0.2, 0.25) is 0 Å². The highest BCUT2D eigenvalue weighted by atomic mass is 79.9. The maximum Gasteiger partial charge on any atom is 0.144 e. The van der Waals surface area contributed by atoms with Gasteiger partial charge in [-0.25, -0.2) is 15.0 Å². The van der Waals surface area contributed by atoms with E-state index in [1.807, 2.05) is 6.92 Å². The quantitative estimate of drug-likeness (QED) is 0.852. The number of thiazole rings is 1. The van der Waals surface area contributed by atoms with Crippen LogP contribution in [0.5, 0.6) is 0 Å². The summed E-state index contributed by atoms with van der Waals surface area (Å²) in [5.74, 6) is 1.71. The maximum atomic E-state index is 4.68. The van der Waals surface area contributed by atoms with Gasteiger partial charge >= 0.3 is 0 Å². The minimum Gasteiger partial charge on any atom is -0.369 e. The molecule has 0 spiro atoms. The molecule has 2 heterocycles. The Balaban J connectivity index is 2.31. The van der Waals surface area contributed by atoms with Gasteiger partial charge in [0.05, 0.1) is 27.3 Å². The molecule has 108 valence electrons. The van der Waals surface area contributed by atoms with Gasteiger partial charge in [-0.15, -0.1) is 11.3 Å². The average Bonchev–Trinajstić information content (AvgIpc) is 2.81. The number of aryl methyl sites for hydroxylation is 2. The van der Waals surface area contributed by atoms with E-state index in [1.165, 1.54) is 0 Å². The third-order valence-electron chi connectivity index (χ3n) is 2.80. The lowest BCUT2D eigenvalue weighted by Gasteiger charge is -2.11. The molecule has 20 heavy (non-hydrogen) atoms. The smallest absolute Gasteiger partial charge is 0.144 e. The second-order valence-electron chi connectivity index (χ2n) is 4.56. The van der Waals surface area contributed by atoms with E-state index in [-0.39, 0.29) is 0 Å². The second kappa shape index (κ2) is 7.13. The van der Waals surface area contributed by atoms with Crippen molar-refractivity contribution in [3.05, 3.63) is 32.1 Å². The van der Waals surface area contributed by atoms with Crippen LogP contribution in [0.2, 0.25) is 0 Å². The molecule has 0 radical (unpaired) electrons. The Morgan fingerprint density at radius 3 is 2.65 bits per heavy atom. The van der Waals surface area contributed by atoms with Crippen molar-refractivity contribution in [2.75, 3.05) is 11.9 Å². The van der Waals surface area contributed by atoms with Gasteiger partial charge in [0, 0.05) is 11.9 Å². The van der Waals surface area contributed by atoms with Crippen LogP contribution in [-0.4, -0.2) is 21.5 Å². The van der Waals surface area contributed by atoms with Gasteiger partial charge in [0.15, 0.2) is 0 Å². The number of hydrogen-bond acceptors (Lipinski definition) is 5. The van der Waals surface area contributed by atoms with Crippen LogP contribution in [0, 0.1) is 6.92 Å². The predicted molar refractivity (Wildman–Crippen MR) is 87.5 cm³/mol. The van der Waals surface area contributed by atoms with Crippen LogP contribution in [0.1, 0.15) is 42.5 Å². The summed E-state index contributed by atoms with van der Waals surface area (Å²) in [6, 6.07) is 0. The Bertz CT molecular complexity index is 555. The van der Waals surface area contributed by atoms with Gasteiger partial charge in [-0.05, 0) is 36.2 Å². The van der Waals surface area contributed by atoms with Gasteiger partial charge in [-0.2, -0.15) is 0 Å². The maximum absolute atomic E-state index is 4.68. The number of nitrogens with zero attached hydrogens (tertiary/aromatic N) is 3.